The molecule has 3 nitrogen and oxygen atoms in total. The van der Waals surface area contributed by atoms with Crippen LogP contribution < -0.4 is 5.32 Å². The molecule has 0 aliphatic carbocycles. The summed E-state index contributed by atoms with van der Waals surface area (Å²) in [5.74, 6) is 1.27. The van der Waals surface area contributed by atoms with Crippen LogP contribution in [0, 0.1) is 0 Å². The summed E-state index contributed by atoms with van der Waals surface area (Å²) in [6.45, 7) is 4.38. The molecular formula is C21H18ClN3. The summed E-state index contributed by atoms with van der Waals surface area (Å²) in [5.41, 5.74) is 3.16. The summed E-state index contributed by atoms with van der Waals surface area (Å²) in [4.78, 5) is 9.20. The third-order valence-electron chi connectivity index (χ3n) is 4.37. The average Bonchev–Trinajstić information content (AvgIpc) is 2.61. The zero-order chi connectivity index (χ0) is 17.4. The summed E-state index contributed by atoms with van der Waals surface area (Å²) in [6, 6.07) is 16.1. The second-order valence-electron chi connectivity index (χ2n) is 6.45. The quantitative estimate of drug-likeness (QED) is 0.442. The predicted molar refractivity (Wildman–Crippen MR) is 106 cm³/mol. The summed E-state index contributed by atoms with van der Waals surface area (Å²) in [5, 5.41) is 7.35. The number of nitrogens with one attached hydrogen (secondary N) is 1. The molecule has 25 heavy (non-hydrogen) atoms. The molecule has 124 valence electrons. The van der Waals surface area contributed by atoms with Crippen LogP contribution >= 0.6 is 11.6 Å². The lowest BCUT2D eigenvalue weighted by Crippen LogP contribution is -1.97. The van der Waals surface area contributed by atoms with Gasteiger partial charge in [0.15, 0.2) is 0 Å². The Morgan fingerprint density at radius 1 is 0.960 bits per heavy atom. The second-order valence-corrected chi connectivity index (χ2v) is 6.88. The van der Waals surface area contributed by atoms with Crippen molar-refractivity contribution in [3.63, 3.8) is 0 Å². The fraction of sp³-hybridized carbons (Fsp3) is 0.143. The van der Waals surface area contributed by atoms with Crippen molar-refractivity contribution in [3.05, 3.63) is 71.5 Å². The molecule has 0 atom stereocenters. The molecule has 0 spiro atoms. The molecule has 0 amide bonds. The number of pyridine rings is 2. The molecule has 2 heterocycles. The number of hydrogen-bond acceptors (Lipinski definition) is 3. The number of nitrogens with zero attached hydrogens (tertiary/aromatic N) is 2. The van der Waals surface area contributed by atoms with Gasteiger partial charge < -0.3 is 5.32 Å². The van der Waals surface area contributed by atoms with Gasteiger partial charge in [-0.05, 0) is 41.8 Å². The van der Waals surface area contributed by atoms with Crippen LogP contribution in [-0.2, 0) is 0 Å². The molecule has 2 aromatic heterocycles. The minimum absolute atomic E-state index is 0.458. The third-order valence-corrected chi connectivity index (χ3v) is 4.61. The molecule has 2 aromatic carbocycles. The number of rotatable bonds is 3. The number of benzene rings is 2. The summed E-state index contributed by atoms with van der Waals surface area (Å²) < 4.78 is 0. The van der Waals surface area contributed by atoms with Gasteiger partial charge >= 0.3 is 0 Å². The van der Waals surface area contributed by atoms with E-state index >= 15 is 0 Å². The Kier molecular flexibility index (Phi) is 4.02. The van der Waals surface area contributed by atoms with Gasteiger partial charge in [0.2, 0.25) is 0 Å². The fourth-order valence-electron chi connectivity index (χ4n) is 3.02. The van der Waals surface area contributed by atoms with Gasteiger partial charge in [-0.2, -0.15) is 0 Å². The number of hydrogen-bond donors (Lipinski definition) is 1. The standard InChI is InChI=1S/C21H18ClN3/c1-13(2)14-6-7-17-19-12-23-9-8-18(19)21(25-20(17)10-14)24-16-5-3-4-15(22)11-16/h3-13H,1-2H3,(H,24,25). The maximum atomic E-state index is 6.11. The van der Waals surface area contributed by atoms with Crippen LogP contribution in [0.25, 0.3) is 21.7 Å². The molecule has 1 N–H and O–H groups in total. The summed E-state index contributed by atoms with van der Waals surface area (Å²) in [7, 11) is 0. The number of anilines is 2. The molecule has 0 unspecified atom stereocenters. The van der Waals surface area contributed by atoms with Crippen LogP contribution in [-0.4, -0.2) is 9.97 Å². The van der Waals surface area contributed by atoms with Gasteiger partial charge in [0.25, 0.3) is 0 Å². The SMILES string of the molecule is CC(C)c1ccc2c(c1)nc(Nc1cccc(Cl)c1)c1ccncc12. The molecular weight excluding hydrogens is 330 g/mol. The molecule has 0 saturated carbocycles. The van der Waals surface area contributed by atoms with Gasteiger partial charge in [-0.25, -0.2) is 4.98 Å². The number of halogens is 1. The van der Waals surface area contributed by atoms with E-state index in [2.05, 4.69) is 42.3 Å². The molecule has 0 fully saturated rings. The van der Waals surface area contributed by atoms with Gasteiger partial charge in [0.05, 0.1) is 5.52 Å². The van der Waals surface area contributed by atoms with Gasteiger partial charge in [0, 0.05) is 39.3 Å². The molecule has 4 aromatic rings. The van der Waals surface area contributed by atoms with Crippen molar-refractivity contribution in [2.45, 2.75) is 19.8 Å². The van der Waals surface area contributed by atoms with E-state index < -0.39 is 0 Å². The summed E-state index contributed by atoms with van der Waals surface area (Å²) in [6.07, 6.45) is 3.69. The molecule has 0 aliphatic heterocycles. The molecule has 0 saturated heterocycles. The maximum Gasteiger partial charge on any atom is 0.139 e. The normalized spacial score (nSPS) is 11.4. The first-order valence-corrected chi connectivity index (χ1v) is 8.69. The maximum absolute atomic E-state index is 6.11. The Labute approximate surface area is 151 Å². The van der Waals surface area contributed by atoms with E-state index in [4.69, 9.17) is 16.6 Å². The summed E-state index contributed by atoms with van der Waals surface area (Å²) >= 11 is 6.11. The van der Waals surface area contributed by atoms with E-state index in [9.17, 15) is 0 Å². The van der Waals surface area contributed by atoms with Gasteiger partial charge in [-0.1, -0.05) is 43.6 Å². The zero-order valence-corrected chi connectivity index (χ0v) is 14.9. The lowest BCUT2D eigenvalue weighted by molar-refractivity contribution is 0.868. The minimum Gasteiger partial charge on any atom is -0.340 e. The second kappa shape index (κ2) is 6.34. The van der Waals surface area contributed by atoms with E-state index in [1.807, 2.05) is 36.5 Å². The lowest BCUT2D eigenvalue weighted by atomic mass is 9.99. The van der Waals surface area contributed by atoms with Crippen LogP contribution in [0.4, 0.5) is 11.5 Å². The van der Waals surface area contributed by atoms with Gasteiger partial charge in [-0.3, -0.25) is 4.98 Å². The zero-order valence-electron chi connectivity index (χ0n) is 14.1. The highest BCUT2D eigenvalue weighted by Crippen LogP contribution is 2.32. The van der Waals surface area contributed by atoms with Gasteiger partial charge in [-0.15, -0.1) is 0 Å². The van der Waals surface area contributed by atoms with Crippen LogP contribution in [0.15, 0.2) is 60.9 Å². The lowest BCUT2D eigenvalue weighted by Gasteiger charge is -2.13. The average molecular weight is 348 g/mol. The van der Waals surface area contributed by atoms with Crippen molar-refractivity contribution in [2.75, 3.05) is 5.32 Å². The van der Waals surface area contributed by atoms with E-state index in [0.29, 0.717) is 10.9 Å². The first-order chi connectivity index (χ1) is 12.1. The highest BCUT2D eigenvalue weighted by Gasteiger charge is 2.10. The van der Waals surface area contributed by atoms with Crippen molar-refractivity contribution in [1.82, 2.24) is 9.97 Å². The first-order valence-electron chi connectivity index (χ1n) is 8.32. The number of fused-ring (bicyclic) bond motifs is 3. The number of aromatic nitrogens is 2. The van der Waals surface area contributed by atoms with E-state index in [-0.39, 0.29) is 0 Å². The largest absolute Gasteiger partial charge is 0.340 e. The van der Waals surface area contributed by atoms with Crippen LogP contribution in [0.5, 0.6) is 0 Å². The van der Waals surface area contributed by atoms with Gasteiger partial charge in [0.1, 0.15) is 5.82 Å². The Hall–Kier alpha value is -2.65. The van der Waals surface area contributed by atoms with Crippen molar-refractivity contribution < 1.29 is 0 Å². The molecule has 4 rings (SSSR count). The molecule has 0 bridgehead atoms. The molecule has 0 aliphatic rings. The van der Waals surface area contributed by atoms with E-state index in [1.165, 1.54) is 5.56 Å². The van der Waals surface area contributed by atoms with E-state index in [0.717, 1.165) is 33.2 Å². The van der Waals surface area contributed by atoms with Crippen molar-refractivity contribution in [1.29, 1.82) is 0 Å². The third kappa shape index (κ3) is 3.03. The minimum atomic E-state index is 0.458. The predicted octanol–water partition coefficient (Wildman–Crippen LogP) is 6.30. The Morgan fingerprint density at radius 3 is 2.64 bits per heavy atom. The first kappa shape index (κ1) is 15.9. The molecule has 0 radical (unpaired) electrons. The van der Waals surface area contributed by atoms with Crippen molar-refractivity contribution in [2.24, 2.45) is 0 Å². The molecule has 4 heteroatoms. The highest BCUT2D eigenvalue weighted by atomic mass is 35.5. The topological polar surface area (TPSA) is 37.8 Å². The highest BCUT2D eigenvalue weighted by molar-refractivity contribution is 6.30. The van der Waals surface area contributed by atoms with Crippen LogP contribution in [0.1, 0.15) is 25.3 Å². The Bertz CT molecular complexity index is 1070. The Morgan fingerprint density at radius 2 is 1.84 bits per heavy atom. The monoisotopic (exact) mass is 347 g/mol. The van der Waals surface area contributed by atoms with Crippen LogP contribution in [0.2, 0.25) is 5.02 Å². The van der Waals surface area contributed by atoms with Crippen molar-refractivity contribution in [3.8, 4) is 0 Å². The smallest absolute Gasteiger partial charge is 0.139 e. The van der Waals surface area contributed by atoms with Crippen LogP contribution in [0.3, 0.4) is 0 Å². The van der Waals surface area contributed by atoms with E-state index in [1.54, 1.807) is 6.20 Å². The van der Waals surface area contributed by atoms with Crippen molar-refractivity contribution >= 4 is 44.8 Å². The Balaban J connectivity index is 1.94. The fourth-order valence-corrected chi connectivity index (χ4v) is 3.21.